The third-order valence-corrected chi connectivity index (χ3v) is 3.96. The number of fused-ring (bicyclic) bond motifs is 1. The maximum absolute atomic E-state index is 12.6. The van der Waals surface area contributed by atoms with E-state index in [0.29, 0.717) is 32.3 Å². The third-order valence-electron chi connectivity index (χ3n) is 3.96. The van der Waals surface area contributed by atoms with Gasteiger partial charge in [0.1, 0.15) is 0 Å². The number of rotatable bonds is 5. The van der Waals surface area contributed by atoms with Gasteiger partial charge in [0.15, 0.2) is 0 Å². The lowest BCUT2D eigenvalue weighted by atomic mass is 9.95. The predicted molar refractivity (Wildman–Crippen MR) is 81.2 cm³/mol. The Morgan fingerprint density at radius 2 is 2.00 bits per heavy atom. The SMILES string of the molecule is CCOC(=O)CCCc1ccc2c(c1)CN(C(=O)C(F)(F)F)CC2. The van der Waals surface area contributed by atoms with E-state index in [1.807, 2.05) is 18.2 Å². The largest absolute Gasteiger partial charge is 0.471 e. The maximum atomic E-state index is 12.6. The Kier molecular flexibility index (Phi) is 5.85. The molecule has 0 radical (unpaired) electrons. The number of aryl methyl sites for hydroxylation is 1. The van der Waals surface area contributed by atoms with Crippen molar-refractivity contribution in [3.63, 3.8) is 0 Å². The highest BCUT2D eigenvalue weighted by molar-refractivity contribution is 5.82. The molecule has 2 rings (SSSR count). The topological polar surface area (TPSA) is 46.6 Å². The molecule has 1 aromatic carbocycles. The fourth-order valence-corrected chi connectivity index (χ4v) is 2.79. The van der Waals surface area contributed by atoms with Crippen molar-refractivity contribution >= 4 is 11.9 Å². The number of halogens is 3. The molecule has 0 fully saturated rings. The van der Waals surface area contributed by atoms with E-state index >= 15 is 0 Å². The molecule has 7 heteroatoms. The molecule has 1 amide bonds. The van der Waals surface area contributed by atoms with Crippen LogP contribution in [-0.2, 0) is 33.7 Å². The molecule has 0 N–H and O–H groups in total. The molecule has 0 unspecified atom stereocenters. The smallest absolute Gasteiger partial charge is 0.466 e. The first-order valence-corrected chi connectivity index (χ1v) is 7.93. The molecule has 0 aromatic heterocycles. The first-order valence-electron chi connectivity index (χ1n) is 7.93. The van der Waals surface area contributed by atoms with Gasteiger partial charge in [-0.1, -0.05) is 18.2 Å². The van der Waals surface area contributed by atoms with Crippen LogP contribution in [0.5, 0.6) is 0 Å². The Labute approximate surface area is 138 Å². The molecule has 0 bridgehead atoms. The zero-order valence-corrected chi connectivity index (χ0v) is 13.5. The lowest BCUT2D eigenvalue weighted by Crippen LogP contribution is -2.43. The Morgan fingerprint density at radius 1 is 1.25 bits per heavy atom. The van der Waals surface area contributed by atoms with E-state index in [1.54, 1.807) is 6.92 Å². The molecular formula is C17H20F3NO3. The van der Waals surface area contributed by atoms with Gasteiger partial charge in [-0.25, -0.2) is 0 Å². The first-order chi connectivity index (χ1) is 11.3. The lowest BCUT2D eigenvalue weighted by Gasteiger charge is -2.29. The van der Waals surface area contributed by atoms with E-state index in [0.717, 1.165) is 21.6 Å². The Balaban J connectivity index is 1.98. The maximum Gasteiger partial charge on any atom is 0.471 e. The minimum atomic E-state index is -4.84. The zero-order chi connectivity index (χ0) is 17.7. The molecular weight excluding hydrogens is 323 g/mol. The number of esters is 1. The van der Waals surface area contributed by atoms with Crippen LogP contribution in [0.25, 0.3) is 0 Å². The zero-order valence-electron chi connectivity index (χ0n) is 13.5. The van der Waals surface area contributed by atoms with E-state index in [9.17, 15) is 22.8 Å². The van der Waals surface area contributed by atoms with Gasteiger partial charge in [0, 0.05) is 19.5 Å². The Bertz CT molecular complexity index is 614. The molecule has 1 heterocycles. The van der Waals surface area contributed by atoms with E-state index in [4.69, 9.17) is 4.74 Å². The monoisotopic (exact) mass is 343 g/mol. The fourth-order valence-electron chi connectivity index (χ4n) is 2.79. The summed E-state index contributed by atoms with van der Waals surface area (Å²) in [6.07, 6.45) is -2.86. The standard InChI is InChI=1S/C17H20F3NO3/c1-2-24-15(22)5-3-4-12-6-7-13-8-9-21(11-14(13)10-12)16(23)17(18,19)20/h6-7,10H,2-5,8-9,11H2,1H3. The number of amides is 1. The van der Waals surface area contributed by atoms with Crippen molar-refractivity contribution in [3.05, 3.63) is 34.9 Å². The number of hydrogen-bond donors (Lipinski definition) is 0. The summed E-state index contributed by atoms with van der Waals surface area (Å²) in [4.78, 5) is 23.5. The average Bonchev–Trinajstić information content (AvgIpc) is 2.53. The molecule has 0 atom stereocenters. The van der Waals surface area contributed by atoms with Crippen molar-refractivity contribution in [2.75, 3.05) is 13.2 Å². The van der Waals surface area contributed by atoms with Crippen molar-refractivity contribution in [2.45, 2.75) is 45.3 Å². The molecule has 0 aliphatic carbocycles. The quantitative estimate of drug-likeness (QED) is 0.772. The van der Waals surface area contributed by atoms with Gasteiger partial charge in [0.25, 0.3) is 0 Å². The lowest BCUT2D eigenvalue weighted by molar-refractivity contribution is -0.186. The van der Waals surface area contributed by atoms with Gasteiger partial charge in [0.2, 0.25) is 0 Å². The summed E-state index contributed by atoms with van der Waals surface area (Å²) in [6, 6.07) is 5.64. The summed E-state index contributed by atoms with van der Waals surface area (Å²) in [5.41, 5.74) is 2.65. The second-order valence-electron chi connectivity index (χ2n) is 5.74. The average molecular weight is 343 g/mol. The van der Waals surface area contributed by atoms with Crippen molar-refractivity contribution in [2.24, 2.45) is 0 Å². The molecule has 0 spiro atoms. The minimum absolute atomic E-state index is 0.0284. The Hall–Kier alpha value is -2.05. The van der Waals surface area contributed by atoms with Crippen LogP contribution in [0.4, 0.5) is 13.2 Å². The summed E-state index contributed by atoms with van der Waals surface area (Å²) in [5.74, 6) is -2.04. The van der Waals surface area contributed by atoms with E-state index in [1.165, 1.54) is 0 Å². The molecule has 132 valence electrons. The molecule has 24 heavy (non-hydrogen) atoms. The Morgan fingerprint density at radius 3 is 2.67 bits per heavy atom. The van der Waals surface area contributed by atoms with E-state index in [-0.39, 0.29) is 19.1 Å². The minimum Gasteiger partial charge on any atom is -0.466 e. The van der Waals surface area contributed by atoms with Gasteiger partial charge >= 0.3 is 18.1 Å². The molecule has 0 saturated heterocycles. The second kappa shape index (κ2) is 7.68. The first kappa shape index (κ1) is 18.3. The highest BCUT2D eigenvalue weighted by Crippen LogP contribution is 2.26. The van der Waals surface area contributed by atoms with Gasteiger partial charge < -0.3 is 9.64 Å². The number of benzene rings is 1. The van der Waals surface area contributed by atoms with Crippen LogP contribution >= 0.6 is 0 Å². The van der Waals surface area contributed by atoms with Crippen LogP contribution < -0.4 is 0 Å². The summed E-state index contributed by atoms with van der Waals surface area (Å²) in [7, 11) is 0. The van der Waals surface area contributed by atoms with Crippen molar-refractivity contribution in [1.82, 2.24) is 4.90 Å². The molecule has 1 aliphatic heterocycles. The fraction of sp³-hybridized carbons (Fsp3) is 0.529. The predicted octanol–water partition coefficient (Wildman–Crippen LogP) is 3.02. The summed E-state index contributed by atoms with van der Waals surface area (Å²) in [6.45, 7) is 2.14. The van der Waals surface area contributed by atoms with E-state index < -0.39 is 12.1 Å². The van der Waals surface area contributed by atoms with Crippen LogP contribution in [0.1, 0.15) is 36.5 Å². The van der Waals surface area contributed by atoms with Crippen molar-refractivity contribution < 1.29 is 27.5 Å². The van der Waals surface area contributed by atoms with Crippen molar-refractivity contribution in [3.8, 4) is 0 Å². The summed E-state index contributed by atoms with van der Waals surface area (Å²) < 4.78 is 42.5. The molecule has 1 aliphatic rings. The van der Waals surface area contributed by atoms with E-state index in [2.05, 4.69) is 0 Å². The number of hydrogen-bond acceptors (Lipinski definition) is 3. The molecule has 0 saturated carbocycles. The van der Waals surface area contributed by atoms with Gasteiger partial charge in [0.05, 0.1) is 6.61 Å². The van der Waals surface area contributed by atoms with Crippen LogP contribution in [0.15, 0.2) is 18.2 Å². The number of alkyl halides is 3. The van der Waals surface area contributed by atoms with Crippen molar-refractivity contribution in [1.29, 1.82) is 0 Å². The highest BCUT2D eigenvalue weighted by atomic mass is 19.4. The number of ether oxygens (including phenoxy) is 1. The molecule has 4 nitrogen and oxygen atoms in total. The number of nitrogens with zero attached hydrogens (tertiary/aromatic N) is 1. The van der Waals surface area contributed by atoms with Gasteiger partial charge in [-0.3, -0.25) is 9.59 Å². The molecule has 1 aromatic rings. The van der Waals surface area contributed by atoms with Crippen LogP contribution in [0.3, 0.4) is 0 Å². The summed E-state index contributed by atoms with van der Waals surface area (Å²) in [5, 5.41) is 0. The van der Waals surface area contributed by atoms with Crippen LogP contribution in [0, 0.1) is 0 Å². The van der Waals surface area contributed by atoms with Gasteiger partial charge in [-0.05, 0) is 42.9 Å². The van der Waals surface area contributed by atoms with Gasteiger partial charge in [-0.15, -0.1) is 0 Å². The number of carbonyl (C=O) groups excluding carboxylic acids is 2. The highest BCUT2D eigenvalue weighted by Gasteiger charge is 2.43. The normalized spacial score (nSPS) is 14.2. The van der Waals surface area contributed by atoms with Crippen LogP contribution in [-0.4, -0.2) is 36.1 Å². The summed E-state index contributed by atoms with van der Waals surface area (Å²) >= 11 is 0. The third kappa shape index (κ3) is 4.72. The van der Waals surface area contributed by atoms with Crippen LogP contribution in [0.2, 0.25) is 0 Å². The number of carbonyl (C=O) groups is 2. The second-order valence-corrected chi connectivity index (χ2v) is 5.74. The van der Waals surface area contributed by atoms with Gasteiger partial charge in [-0.2, -0.15) is 13.2 Å².